The Morgan fingerprint density at radius 1 is 1.43 bits per heavy atom. The highest BCUT2D eigenvalue weighted by Gasteiger charge is 2.41. The number of hydrogen-bond acceptors (Lipinski definition) is 2. The highest BCUT2D eigenvalue weighted by atomic mass is 19.1. The lowest BCUT2D eigenvalue weighted by molar-refractivity contribution is 0.447. The largest absolute Gasteiger partial charge is 0.508 e. The maximum absolute atomic E-state index is 12.9. The van der Waals surface area contributed by atoms with Crippen molar-refractivity contribution in [1.82, 2.24) is 0 Å². The molecule has 0 amide bonds. The summed E-state index contributed by atoms with van der Waals surface area (Å²) in [5.41, 5.74) is 6.43. The van der Waals surface area contributed by atoms with Crippen LogP contribution in [0.2, 0.25) is 0 Å². The smallest absolute Gasteiger partial charge is 0.123 e. The molecule has 14 heavy (non-hydrogen) atoms. The highest BCUT2D eigenvalue weighted by molar-refractivity contribution is 5.34. The molecule has 0 atom stereocenters. The van der Waals surface area contributed by atoms with Gasteiger partial charge in [0, 0.05) is 0 Å². The Labute approximate surface area is 82.5 Å². The molecule has 2 nitrogen and oxygen atoms in total. The predicted molar refractivity (Wildman–Crippen MR) is 52.5 cm³/mol. The zero-order valence-electron chi connectivity index (χ0n) is 7.96. The van der Waals surface area contributed by atoms with E-state index in [-0.39, 0.29) is 17.0 Å². The molecule has 0 unspecified atom stereocenters. The first-order valence-corrected chi connectivity index (χ1v) is 4.83. The molecule has 2 rings (SSSR count). The fourth-order valence-corrected chi connectivity index (χ4v) is 1.73. The van der Waals surface area contributed by atoms with Crippen molar-refractivity contribution in [3.05, 3.63) is 29.6 Å². The predicted octanol–water partition coefficient (Wildman–Crippen LogP) is 1.81. The van der Waals surface area contributed by atoms with E-state index in [0.29, 0.717) is 18.5 Å². The third-order valence-corrected chi connectivity index (χ3v) is 3.00. The van der Waals surface area contributed by atoms with Crippen molar-refractivity contribution in [2.75, 3.05) is 6.54 Å². The standard InChI is InChI=1S/C11H14FNO/c12-9-1-2-10(14)8(5-9)6-11(7-13)3-4-11/h1-2,5,14H,3-4,6-7,13H2. The van der Waals surface area contributed by atoms with Gasteiger partial charge in [0.2, 0.25) is 0 Å². The molecular weight excluding hydrogens is 181 g/mol. The number of phenols is 1. The molecule has 1 aliphatic rings. The van der Waals surface area contributed by atoms with Crippen LogP contribution in [-0.2, 0) is 6.42 Å². The molecule has 0 aromatic heterocycles. The number of hydrogen-bond donors (Lipinski definition) is 2. The fraction of sp³-hybridized carbons (Fsp3) is 0.455. The molecule has 0 bridgehead atoms. The summed E-state index contributed by atoms with van der Waals surface area (Å²) in [6, 6.07) is 4.06. The summed E-state index contributed by atoms with van der Waals surface area (Å²) >= 11 is 0. The van der Waals surface area contributed by atoms with Crippen LogP contribution in [-0.4, -0.2) is 11.7 Å². The quantitative estimate of drug-likeness (QED) is 0.772. The maximum atomic E-state index is 12.9. The Hall–Kier alpha value is -1.09. The molecule has 0 radical (unpaired) electrons. The summed E-state index contributed by atoms with van der Waals surface area (Å²) in [6.45, 7) is 0.614. The van der Waals surface area contributed by atoms with Crippen LogP contribution in [0, 0.1) is 11.2 Å². The van der Waals surface area contributed by atoms with Gasteiger partial charge in [0.1, 0.15) is 11.6 Å². The van der Waals surface area contributed by atoms with Crippen LogP contribution in [0.15, 0.2) is 18.2 Å². The molecule has 0 saturated heterocycles. The minimum atomic E-state index is -0.300. The normalized spacial score (nSPS) is 18.1. The minimum Gasteiger partial charge on any atom is -0.508 e. The zero-order valence-corrected chi connectivity index (χ0v) is 7.96. The fourth-order valence-electron chi connectivity index (χ4n) is 1.73. The van der Waals surface area contributed by atoms with Crippen LogP contribution >= 0.6 is 0 Å². The van der Waals surface area contributed by atoms with E-state index < -0.39 is 0 Å². The van der Waals surface area contributed by atoms with Gasteiger partial charge in [-0.2, -0.15) is 0 Å². The van der Waals surface area contributed by atoms with Gasteiger partial charge in [-0.1, -0.05) is 0 Å². The lowest BCUT2D eigenvalue weighted by Crippen LogP contribution is -2.18. The number of benzene rings is 1. The molecule has 0 heterocycles. The van der Waals surface area contributed by atoms with Gasteiger partial charge < -0.3 is 10.8 Å². The third-order valence-electron chi connectivity index (χ3n) is 3.00. The average molecular weight is 195 g/mol. The molecular formula is C11H14FNO. The summed E-state index contributed by atoms with van der Waals surface area (Å²) in [6.07, 6.45) is 2.85. The van der Waals surface area contributed by atoms with Crippen LogP contribution in [0.5, 0.6) is 5.75 Å². The van der Waals surface area contributed by atoms with Gasteiger partial charge in [0.15, 0.2) is 0 Å². The van der Waals surface area contributed by atoms with Gasteiger partial charge in [-0.3, -0.25) is 0 Å². The van der Waals surface area contributed by atoms with E-state index >= 15 is 0 Å². The van der Waals surface area contributed by atoms with Crippen molar-refractivity contribution in [3.8, 4) is 5.75 Å². The zero-order chi connectivity index (χ0) is 10.2. The Morgan fingerprint density at radius 3 is 2.71 bits per heavy atom. The van der Waals surface area contributed by atoms with Crippen molar-refractivity contribution in [3.63, 3.8) is 0 Å². The molecule has 0 aliphatic heterocycles. The Morgan fingerprint density at radius 2 is 2.14 bits per heavy atom. The first kappa shape index (κ1) is 9.46. The summed E-state index contributed by atoms with van der Waals surface area (Å²) in [7, 11) is 0. The highest BCUT2D eigenvalue weighted by Crippen LogP contribution is 2.48. The summed E-state index contributed by atoms with van der Waals surface area (Å²) in [5.74, 6) is -0.128. The second-order valence-corrected chi connectivity index (χ2v) is 4.15. The van der Waals surface area contributed by atoms with Crippen molar-refractivity contribution in [2.45, 2.75) is 19.3 Å². The van der Waals surface area contributed by atoms with Gasteiger partial charge in [0.05, 0.1) is 0 Å². The second-order valence-electron chi connectivity index (χ2n) is 4.15. The van der Waals surface area contributed by atoms with Crippen LogP contribution in [0.1, 0.15) is 18.4 Å². The minimum absolute atomic E-state index is 0.130. The molecule has 1 aromatic rings. The Balaban J connectivity index is 2.20. The Kier molecular flexibility index (Phi) is 2.19. The van der Waals surface area contributed by atoms with Gasteiger partial charge in [-0.05, 0) is 55.0 Å². The number of phenolic OH excluding ortho intramolecular Hbond substituents is 1. The number of aromatic hydroxyl groups is 1. The molecule has 1 saturated carbocycles. The van der Waals surface area contributed by atoms with E-state index in [1.54, 1.807) is 0 Å². The van der Waals surface area contributed by atoms with E-state index in [4.69, 9.17) is 5.73 Å². The van der Waals surface area contributed by atoms with Crippen LogP contribution in [0.25, 0.3) is 0 Å². The van der Waals surface area contributed by atoms with E-state index in [1.165, 1.54) is 18.2 Å². The van der Waals surface area contributed by atoms with Crippen LogP contribution in [0.4, 0.5) is 4.39 Å². The monoisotopic (exact) mass is 195 g/mol. The summed E-state index contributed by atoms with van der Waals surface area (Å²) in [4.78, 5) is 0. The van der Waals surface area contributed by atoms with Crippen LogP contribution < -0.4 is 5.73 Å². The average Bonchev–Trinajstić information content (AvgIpc) is 2.92. The SMILES string of the molecule is NCC1(Cc2cc(F)ccc2O)CC1. The van der Waals surface area contributed by atoms with Crippen molar-refractivity contribution < 1.29 is 9.50 Å². The van der Waals surface area contributed by atoms with Gasteiger partial charge in [-0.25, -0.2) is 4.39 Å². The third kappa shape index (κ3) is 1.73. The van der Waals surface area contributed by atoms with Gasteiger partial charge in [-0.15, -0.1) is 0 Å². The maximum Gasteiger partial charge on any atom is 0.123 e. The van der Waals surface area contributed by atoms with E-state index in [2.05, 4.69) is 0 Å². The number of nitrogens with two attached hydrogens (primary N) is 1. The van der Waals surface area contributed by atoms with Gasteiger partial charge >= 0.3 is 0 Å². The second kappa shape index (κ2) is 3.24. The molecule has 3 N–H and O–H groups in total. The van der Waals surface area contributed by atoms with E-state index in [9.17, 15) is 9.50 Å². The molecule has 0 spiro atoms. The lowest BCUT2D eigenvalue weighted by Gasteiger charge is -2.13. The molecule has 1 aliphatic carbocycles. The first-order valence-electron chi connectivity index (χ1n) is 4.83. The van der Waals surface area contributed by atoms with Gasteiger partial charge in [0.25, 0.3) is 0 Å². The molecule has 1 fully saturated rings. The van der Waals surface area contributed by atoms with Crippen molar-refractivity contribution in [1.29, 1.82) is 0 Å². The molecule has 76 valence electrons. The van der Waals surface area contributed by atoms with Crippen molar-refractivity contribution in [2.24, 2.45) is 11.1 Å². The number of rotatable bonds is 3. The molecule has 3 heteroatoms. The van der Waals surface area contributed by atoms with E-state index in [0.717, 1.165) is 12.8 Å². The van der Waals surface area contributed by atoms with E-state index in [1.807, 2.05) is 0 Å². The number of halogens is 1. The first-order chi connectivity index (χ1) is 6.65. The lowest BCUT2D eigenvalue weighted by atomic mass is 9.96. The topological polar surface area (TPSA) is 46.2 Å². The van der Waals surface area contributed by atoms with Crippen molar-refractivity contribution >= 4 is 0 Å². The summed E-state index contributed by atoms with van der Waals surface area (Å²) in [5, 5.41) is 9.51. The molecule has 1 aromatic carbocycles. The Bertz CT molecular complexity index is 347. The summed E-state index contributed by atoms with van der Waals surface area (Å²) < 4.78 is 12.9. The van der Waals surface area contributed by atoms with Crippen LogP contribution in [0.3, 0.4) is 0 Å².